The standard InChI is InChI=1S/C25H26N2O4/c28-22-7-3-1-5-19(22)18-13-21(20-6-2-4-8-23(20)29)27-24(14-18)26-15-16-9-11-17(12-10-16)25(30)31/h1-8,13-14,16-17,28-29H,9-12,15H2,(H,26,27)(H,30,31). The Morgan fingerprint density at radius 3 is 2.13 bits per heavy atom. The molecular weight excluding hydrogens is 392 g/mol. The number of phenols is 2. The third-order valence-corrected chi connectivity index (χ3v) is 5.99. The number of aromatic nitrogens is 1. The van der Waals surface area contributed by atoms with Gasteiger partial charge < -0.3 is 20.6 Å². The van der Waals surface area contributed by atoms with E-state index in [-0.39, 0.29) is 17.4 Å². The Morgan fingerprint density at radius 1 is 0.903 bits per heavy atom. The van der Waals surface area contributed by atoms with Crippen LogP contribution in [0.4, 0.5) is 5.82 Å². The molecule has 0 spiro atoms. The Bertz CT molecular complexity index is 1010. The number of hydrogen-bond donors (Lipinski definition) is 4. The van der Waals surface area contributed by atoms with Gasteiger partial charge in [-0.05, 0) is 67.5 Å². The molecule has 6 nitrogen and oxygen atoms in total. The molecule has 31 heavy (non-hydrogen) atoms. The molecule has 0 radical (unpaired) electrons. The number of nitrogens with one attached hydrogen (secondary N) is 1. The molecule has 0 saturated heterocycles. The van der Waals surface area contributed by atoms with Crippen LogP contribution >= 0.6 is 0 Å². The van der Waals surface area contributed by atoms with Crippen LogP contribution in [0.3, 0.4) is 0 Å². The second kappa shape index (κ2) is 9.08. The van der Waals surface area contributed by atoms with Crippen molar-refractivity contribution in [2.75, 3.05) is 11.9 Å². The van der Waals surface area contributed by atoms with E-state index in [0.29, 0.717) is 47.9 Å². The second-order valence-corrected chi connectivity index (χ2v) is 8.10. The minimum atomic E-state index is -0.698. The van der Waals surface area contributed by atoms with E-state index in [1.165, 1.54) is 0 Å². The van der Waals surface area contributed by atoms with Crippen molar-refractivity contribution in [3.63, 3.8) is 0 Å². The number of rotatable bonds is 6. The maximum absolute atomic E-state index is 11.2. The third-order valence-electron chi connectivity index (χ3n) is 5.99. The molecule has 3 aromatic rings. The highest BCUT2D eigenvalue weighted by atomic mass is 16.4. The first-order chi connectivity index (χ1) is 15.0. The predicted octanol–water partition coefficient (Wildman–Crippen LogP) is 5.13. The molecule has 2 aromatic carbocycles. The molecule has 160 valence electrons. The molecule has 6 heteroatoms. The van der Waals surface area contributed by atoms with E-state index in [1.54, 1.807) is 24.3 Å². The van der Waals surface area contributed by atoms with Gasteiger partial charge in [-0.2, -0.15) is 0 Å². The number of para-hydroxylation sites is 2. The first-order valence-corrected chi connectivity index (χ1v) is 10.6. The largest absolute Gasteiger partial charge is 0.507 e. The number of carboxylic acids is 1. The van der Waals surface area contributed by atoms with Crippen LogP contribution in [0.5, 0.6) is 11.5 Å². The maximum atomic E-state index is 11.2. The Labute approximate surface area is 181 Å². The van der Waals surface area contributed by atoms with E-state index in [1.807, 2.05) is 36.4 Å². The molecule has 0 bridgehead atoms. The molecule has 0 unspecified atom stereocenters. The van der Waals surface area contributed by atoms with Crippen LogP contribution in [-0.4, -0.2) is 32.8 Å². The average molecular weight is 418 g/mol. The lowest BCUT2D eigenvalue weighted by Gasteiger charge is -2.26. The molecule has 1 aliphatic rings. The highest BCUT2D eigenvalue weighted by Crippen LogP contribution is 2.36. The van der Waals surface area contributed by atoms with Crippen LogP contribution in [0.25, 0.3) is 22.4 Å². The summed E-state index contributed by atoms with van der Waals surface area (Å²) in [5.41, 5.74) is 2.70. The van der Waals surface area contributed by atoms with Crippen molar-refractivity contribution >= 4 is 11.8 Å². The number of nitrogens with zero attached hydrogens (tertiary/aromatic N) is 1. The number of carbonyl (C=O) groups is 1. The van der Waals surface area contributed by atoms with Gasteiger partial charge in [0, 0.05) is 17.7 Å². The summed E-state index contributed by atoms with van der Waals surface area (Å²) in [6.45, 7) is 0.698. The number of carboxylic acid groups (broad SMARTS) is 1. The molecule has 1 fully saturated rings. The highest BCUT2D eigenvalue weighted by molar-refractivity contribution is 5.78. The lowest BCUT2D eigenvalue weighted by Crippen LogP contribution is -2.25. The Kier molecular flexibility index (Phi) is 6.07. The Morgan fingerprint density at radius 2 is 1.52 bits per heavy atom. The fourth-order valence-corrected chi connectivity index (χ4v) is 4.19. The van der Waals surface area contributed by atoms with E-state index in [0.717, 1.165) is 18.4 Å². The second-order valence-electron chi connectivity index (χ2n) is 8.10. The first-order valence-electron chi connectivity index (χ1n) is 10.6. The number of pyridine rings is 1. The first kappa shape index (κ1) is 20.7. The topological polar surface area (TPSA) is 103 Å². The van der Waals surface area contributed by atoms with Gasteiger partial charge in [-0.25, -0.2) is 4.98 Å². The minimum Gasteiger partial charge on any atom is -0.507 e. The SMILES string of the molecule is O=C(O)C1CCC(CNc2cc(-c3ccccc3O)cc(-c3ccccc3O)n2)CC1. The molecule has 4 rings (SSSR count). The summed E-state index contributed by atoms with van der Waals surface area (Å²) in [5.74, 6) is 0.429. The van der Waals surface area contributed by atoms with Crippen LogP contribution in [0.2, 0.25) is 0 Å². The predicted molar refractivity (Wildman–Crippen MR) is 120 cm³/mol. The number of aromatic hydroxyl groups is 2. The molecule has 0 atom stereocenters. The van der Waals surface area contributed by atoms with Gasteiger partial charge in [0.1, 0.15) is 17.3 Å². The van der Waals surface area contributed by atoms with E-state index < -0.39 is 5.97 Å². The van der Waals surface area contributed by atoms with Crippen LogP contribution in [-0.2, 0) is 4.79 Å². The zero-order valence-corrected chi connectivity index (χ0v) is 17.2. The number of phenolic OH excluding ortho intramolecular Hbond substituents is 2. The maximum Gasteiger partial charge on any atom is 0.306 e. The molecule has 0 aliphatic heterocycles. The van der Waals surface area contributed by atoms with Crippen LogP contribution in [0.15, 0.2) is 60.7 Å². The Balaban J connectivity index is 1.60. The zero-order valence-electron chi connectivity index (χ0n) is 17.2. The summed E-state index contributed by atoms with van der Waals surface area (Å²) in [4.78, 5) is 15.9. The smallest absolute Gasteiger partial charge is 0.306 e. The van der Waals surface area contributed by atoms with Gasteiger partial charge >= 0.3 is 5.97 Å². The van der Waals surface area contributed by atoms with Gasteiger partial charge in [0.25, 0.3) is 0 Å². The van der Waals surface area contributed by atoms with Crippen molar-refractivity contribution in [2.24, 2.45) is 11.8 Å². The van der Waals surface area contributed by atoms with Gasteiger partial charge in [-0.3, -0.25) is 4.79 Å². The molecule has 4 N–H and O–H groups in total. The molecule has 1 aliphatic carbocycles. The van der Waals surface area contributed by atoms with Gasteiger partial charge in [-0.15, -0.1) is 0 Å². The summed E-state index contributed by atoms with van der Waals surface area (Å²) in [6, 6.07) is 17.9. The fourth-order valence-electron chi connectivity index (χ4n) is 4.19. The molecule has 0 amide bonds. The van der Waals surface area contributed by atoms with E-state index in [2.05, 4.69) is 5.32 Å². The highest BCUT2D eigenvalue weighted by Gasteiger charge is 2.25. The van der Waals surface area contributed by atoms with Crippen molar-refractivity contribution < 1.29 is 20.1 Å². The number of hydrogen-bond acceptors (Lipinski definition) is 5. The summed E-state index contributed by atoms with van der Waals surface area (Å²) in [5, 5.41) is 33.2. The summed E-state index contributed by atoms with van der Waals surface area (Å²) >= 11 is 0. The lowest BCUT2D eigenvalue weighted by molar-refractivity contribution is -0.143. The van der Waals surface area contributed by atoms with Gasteiger partial charge in [0.05, 0.1) is 11.6 Å². The van der Waals surface area contributed by atoms with Gasteiger partial charge in [0.15, 0.2) is 0 Å². The number of aliphatic carboxylic acids is 1. The van der Waals surface area contributed by atoms with Crippen molar-refractivity contribution in [3.05, 3.63) is 60.7 Å². The van der Waals surface area contributed by atoms with Gasteiger partial charge in [-0.1, -0.05) is 30.3 Å². The van der Waals surface area contributed by atoms with Crippen LogP contribution in [0.1, 0.15) is 25.7 Å². The number of anilines is 1. The molecule has 1 saturated carbocycles. The summed E-state index contributed by atoms with van der Waals surface area (Å²) in [6.07, 6.45) is 3.15. The van der Waals surface area contributed by atoms with E-state index in [9.17, 15) is 20.1 Å². The van der Waals surface area contributed by atoms with Crippen LogP contribution in [0, 0.1) is 11.8 Å². The van der Waals surface area contributed by atoms with Crippen LogP contribution < -0.4 is 5.32 Å². The molecule has 1 aromatic heterocycles. The summed E-state index contributed by atoms with van der Waals surface area (Å²) in [7, 11) is 0. The lowest BCUT2D eigenvalue weighted by atomic mass is 9.82. The van der Waals surface area contributed by atoms with Gasteiger partial charge in [0.2, 0.25) is 0 Å². The van der Waals surface area contributed by atoms with Crippen molar-refractivity contribution in [1.29, 1.82) is 0 Å². The van der Waals surface area contributed by atoms with E-state index >= 15 is 0 Å². The average Bonchev–Trinajstić information content (AvgIpc) is 2.78. The van der Waals surface area contributed by atoms with Crippen molar-refractivity contribution in [1.82, 2.24) is 4.98 Å². The van der Waals surface area contributed by atoms with E-state index in [4.69, 9.17) is 4.98 Å². The monoisotopic (exact) mass is 418 g/mol. The minimum absolute atomic E-state index is 0.141. The Hall–Kier alpha value is -3.54. The zero-order chi connectivity index (χ0) is 21.8. The molecular formula is C25H26N2O4. The normalized spacial score (nSPS) is 18.5. The quantitative estimate of drug-likeness (QED) is 0.443. The number of benzene rings is 2. The molecule has 1 heterocycles. The third kappa shape index (κ3) is 4.79. The summed E-state index contributed by atoms with van der Waals surface area (Å²) < 4.78 is 0. The van der Waals surface area contributed by atoms with Crippen molar-refractivity contribution in [3.8, 4) is 33.9 Å². The fraction of sp³-hybridized carbons (Fsp3) is 0.280. The van der Waals surface area contributed by atoms with Crippen molar-refractivity contribution in [2.45, 2.75) is 25.7 Å².